The molecule has 1 N–H and O–H groups in total. The quantitative estimate of drug-likeness (QED) is 0.815. The zero-order valence-corrected chi connectivity index (χ0v) is 16.5. The number of hydrogen-bond acceptors (Lipinski definition) is 2. The van der Waals surface area contributed by atoms with Crippen LogP contribution < -0.4 is 5.32 Å². The molecule has 2 aromatic rings. The van der Waals surface area contributed by atoms with Crippen LogP contribution in [0.1, 0.15) is 30.4 Å². The molecule has 4 nitrogen and oxygen atoms in total. The topological polar surface area (TPSA) is 49.4 Å². The first-order valence-corrected chi connectivity index (χ1v) is 10.5. The lowest BCUT2D eigenvalue weighted by Crippen LogP contribution is -2.40. The molecule has 2 fully saturated rings. The number of halogens is 1. The molecule has 2 unspecified atom stereocenters. The van der Waals surface area contributed by atoms with Crippen LogP contribution in [0, 0.1) is 23.6 Å². The van der Waals surface area contributed by atoms with Crippen molar-refractivity contribution in [2.24, 2.45) is 17.8 Å². The summed E-state index contributed by atoms with van der Waals surface area (Å²) in [5, 5.41) is 2.77. The molecule has 2 atom stereocenters. The summed E-state index contributed by atoms with van der Waals surface area (Å²) >= 11 is 0. The summed E-state index contributed by atoms with van der Waals surface area (Å²) in [5.74, 6) is -0.229. The molecule has 0 aromatic heterocycles. The molecule has 2 aromatic carbocycles. The van der Waals surface area contributed by atoms with Gasteiger partial charge in [-0.2, -0.15) is 0 Å². The fraction of sp³-hybridized carbons (Fsp3) is 0.417. The Morgan fingerprint density at radius 2 is 1.66 bits per heavy atom. The SMILES string of the molecule is O=C(NCc1ccccc1F)C1CC1C(=O)N1CCC(Cc2ccccc2)CC1. The second kappa shape index (κ2) is 8.76. The lowest BCUT2D eigenvalue weighted by atomic mass is 9.90. The maximum absolute atomic E-state index is 13.7. The molecule has 1 saturated heterocycles. The van der Waals surface area contributed by atoms with Crippen molar-refractivity contribution in [2.75, 3.05) is 13.1 Å². The van der Waals surface area contributed by atoms with Gasteiger partial charge in [0.25, 0.3) is 0 Å². The smallest absolute Gasteiger partial charge is 0.226 e. The van der Waals surface area contributed by atoms with Gasteiger partial charge in [0, 0.05) is 25.2 Å². The van der Waals surface area contributed by atoms with Crippen molar-refractivity contribution in [3.05, 3.63) is 71.5 Å². The van der Waals surface area contributed by atoms with E-state index in [-0.39, 0.29) is 36.0 Å². The Morgan fingerprint density at radius 3 is 2.38 bits per heavy atom. The van der Waals surface area contributed by atoms with Crippen LogP contribution in [0.4, 0.5) is 4.39 Å². The summed E-state index contributed by atoms with van der Waals surface area (Å²) in [6, 6.07) is 16.9. The Bertz CT molecular complexity index is 862. The summed E-state index contributed by atoms with van der Waals surface area (Å²) < 4.78 is 13.7. The molecule has 0 bridgehead atoms. The van der Waals surface area contributed by atoms with Crippen molar-refractivity contribution in [1.29, 1.82) is 0 Å². The first-order valence-electron chi connectivity index (χ1n) is 10.5. The first kappa shape index (κ1) is 19.6. The largest absolute Gasteiger partial charge is 0.352 e. The van der Waals surface area contributed by atoms with Gasteiger partial charge in [0.15, 0.2) is 0 Å². The van der Waals surface area contributed by atoms with Gasteiger partial charge >= 0.3 is 0 Å². The van der Waals surface area contributed by atoms with Gasteiger partial charge in [0.2, 0.25) is 11.8 Å². The van der Waals surface area contributed by atoms with E-state index < -0.39 is 0 Å². The van der Waals surface area contributed by atoms with E-state index >= 15 is 0 Å². The van der Waals surface area contributed by atoms with Crippen LogP contribution in [0.5, 0.6) is 0 Å². The van der Waals surface area contributed by atoms with E-state index in [0.29, 0.717) is 17.9 Å². The van der Waals surface area contributed by atoms with Crippen molar-refractivity contribution >= 4 is 11.8 Å². The highest BCUT2D eigenvalue weighted by Crippen LogP contribution is 2.41. The summed E-state index contributed by atoms with van der Waals surface area (Å²) in [7, 11) is 0. The molecule has 0 spiro atoms. The monoisotopic (exact) mass is 394 g/mol. The van der Waals surface area contributed by atoms with Crippen molar-refractivity contribution in [3.8, 4) is 0 Å². The number of nitrogens with zero attached hydrogens (tertiary/aromatic N) is 1. The van der Waals surface area contributed by atoms with Crippen molar-refractivity contribution in [3.63, 3.8) is 0 Å². The van der Waals surface area contributed by atoms with Gasteiger partial charge in [-0.1, -0.05) is 48.5 Å². The third-order valence-electron chi connectivity index (χ3n) is 6.15. The summed E-state index contributed by atoms with van der Waals surface area (Å²) in [6.07, 6.45) is 3.69. The number of rotatable bonds is 6. The summed E-state index contributed by atoms with van der Waals surface area (Å²) in [4.78, 5) is 27.0. The third kappa shape index (κ3) is 4.84. The Labute approximate surface area is 171 Å². The Kier molecular flexibility index (Phi) is 5.93. The maximum Gasteiger partial charge on any atom is 0.226 e. The van der Waals surface area contributed by atoms with Crippen LogP contribution in [0.15, 0.2) is 54.6 Å². The number of likely N-dealkylation sites (tertiary alicyclic amines) is 1. The number of nitrogens with one attached hydrogen (secondary N) is 1. The van der Waals surface area contributed by atoms with Gasteiger partial charge in [-0.05, 0) is 43.2 Å². The molecular weight excluding hydrogens is 367 g/mol. The zero-order chi connectivity index (χ0) is 20.2. The first-order chi connectivity index (χ1) is 14.1. The molecule has 29 heavy (non-hydrogen) atoms. The van der Waals surface area contributed by atoms with Crippen LogP contribution in [0.2, 0.25) is 0 Å². The number of carbonyl (C=O) groups is 2. The van der Waals surface area contributed by atoms with E-state index in [0.717, 1.165) is 32.4 Å². The van der Waals surface area contributed by atoms with E-state index in [4.69, 9.17) is 0 Å². The van der Waals surface area contributed by atoms with Crippen LogP contribution in [-0.2, 0) is 22.6 Å². The molecular formula is C24H27FN2O2. The van der Waals surface area contributed by atoms with Gasteiger partial charge in [-0.3, -0.25) is 9.59 Å². The fourth-order valence-electron chi connectivity index (χ4n) is 4.25. The van der Waals surface area contributed by atoms with Gasteiger partial charge in [0.05, 0.1) is 11.8 Å². The fourth-order valence-corrected chi connectivity index (χ4v) is 4.25. The number of hydrogen-bond donors (Lipinski definition) is 1. The van der Waals surface area contributed by atoms with Crippen LogP contribution >= 0.6 is 0 Å². The second-order valence-electron chi connectivity index (χ2n) is 8.22. The van der Waals surface area contributed by atoms with Crippen molar-refractivity contribution < 1.29 is 14.0 Å². The summed E-state index contributed by atoms with van der Waals surface area (Å²) in [6.45, 7) is 1.71. The molecule has 0 radical (unpaired) electrons. The van der Waals surface area contributed by atoms with Gasteiger partial charge in [-0.15, -0.1) is 0 Å². The van der Waals surface area contributed by atoms with Gasteiger partial charge in [0.1, 0.15) is 5.82 Å². The molecule has 2 amide bonds. The molecule has 1 saturated carbocycles. The number of benzene rings is 2. The minimum Gasteiger partial charge on any atom is -0.352 e. The Morgan fingerprint density at radius 1 is 0.966 bits per heavy atom. The van der Waals surface area contributed by atoms with Crippen molar-refractivity contribution in [2.45, 2.75) is 32.2 Å². The minimum atomic E-state index is -0.324. The summed E-state index contributed by atoms with van der Waals surface area (Å²) in [5.41, 5.74) is 1.82. The number of piperidine rings is 1. The molecule has 1 aliphatic carbocycles. The zero-order valence-electron chi connectivity index (χ0n) is 16.5. The second-order valence-corrected chi connectivity index (χ2v) is 8.22. The van der Waals surface area contributed by atoms with E-state index in [1.807, 2.05) is 11.0 Å². The lowest BCUT2D eigenvalue weighted by molar-refractivity contribution is -0.136. The Balaban J connectivity index is 1.21. The highest BCUT2D eigenvalue weighted by Gasteiger charge is 2.49. The van der Waals surface area contributed by atoms with Gasteiger partial charge in [-0.25, -0.2) is 4.39 Å². The molecule has 1 heterocycles. The highest BCUT2D eigenvalue weighted by molar-refractivity contribution is 5.92. The van der Waals surface area contributed by atoms with Crippen LogP contribution in [0.25, 0.3) is 0 Å². The standard InChI is InChI=1S/C24H27FN2O2/c25-22-9-5-4-8-19(22)16-26-23(28)20-15-21(20)24(29)27-12-10-18(11-13-27)14-17-6-2-1-3-7-17/h1-9,18,20-21H,10-16H2,(H,26,28). The molecule has 152 valence electrons. The highest BCUT2D eigenvalue weighted by atomic mass is 19.1. The number of carbonyl (C=O) groups excluding carboxylic acids is 2. The predicted octanol–water partition coefficient (Wildman–Crippen LogP) is 3.56. The maximum atomic E-state index is 13.7. The molecule has 4 rings (SSSR count). The normalized spacial score (nSPS) is 21.6. The van der Waals surface area contributed by atoms with E-state index in [1.54, 1.807) is 18.2 Å². The number of amides is 2. The average molecular weight is 394 g/mol. The average Bonchev–Trinajstić information content (AvgIpc) is 3.55. The molecule has 5 heteroatoms. The van der Waals surface area contributed by atoms with Gasteiger partial charge < -0.3 is 10.2 Å². The lowest BCUT2D eigenvalue weighted by Gasteiger charge is -2.32. The minimum absolute atomic E-state index is 0.106. The third-order valence-corrected chi connectivity index (χ3v) is 6.15. The predicted molar refractivity (Wildman–Crippen MR) is 109 cm³/mol. The van der Waals surface area contributed by atoms with Crippen LogP contribution in [0.3, 0.4) is 0 Å². The van der Waals surface area contributed by atoms with E-state index in [2.05, 4.69) is 29.6 Å². The van der Waals surface area contributed by atoms with E-state index in [1.165, 1.54) is 11.6 Å². The molecule has 2 aliphatic rings. The van der Waals surface area contributed by atoms with Crippen molar-refractivity contribution in [1.82, 2.24) is 10.2 Å². The molecule has 1 aliphatic heterocycles. The Hall–Kier alpha value is -2.69. The van der Waals surface area contributed by atoms with E-state index in [9.17, 15) is 14.0 Å². The van der Waals surface area contributed by atoms with Crippen LogP contribution in [-0.4, -0.2) is 29.8 Å².